The van der Waals surface area contributed by atoms with Crippen LogP contribution in [0.5, 0.6) is 0 Å². The van der Waals surface area contributed by atoms with Gasteiger partial charge in [-0.3, -0.25) is 9.58 Å². The van der Waals surface area contributed by atoms with Crippen LogP contribution in [0.15, 0.2) is 12.4 Å². The highest BCUT2D eigenvalue weighted by atomic mass is 32.1. The molecule has 1 saturated heterocycles. The molecule has 1 saturated carbocycles. The maximum absolute atomic E-state index is 13.6. The number of nitrogens with zero attached hydrogens (tertiary/aromatic N) is 4. The van der Waals surface area contributed by atoms with E-state index in [0.717, 1.165) is 16.9 Å². The van der Waals surface area contributed by atoms with Crippen molar-refractivity contribution in [1.29, 1.82) is 5.26 Å². The minimum Gasteiger partial charge on any atom is -0.392 e. The van der Waals surface area contributed by atoms with Crippen LogP contribution in [0, 0.1) is 17.2 Å². The van der Waals surface area contributed by atoms with Gasteiger partial charge in [-0.05, 0) is 37.7 Å². The van der Waals surface area contributed by atoms with Crippen molar-refractivity contribution in [1.82, 2.24) is 14.7 Å². The largest absolute Gasteiger partial charge is 0.425 e. The molecule has 2 N–H and O–H groups in total. The highest BCUT2D eigenvalue weighted by Crippen LogP contribution is 2.50. The predicted molar refractivity (Wildman–Crippen MR) is 117 cm³/mol. The van der Waals surface area contributed by atoms with Crippen molar-refractivity contribution >= 4 is 11.3 Å². The van der Waals surface area contributed by atoms with Crippen LogP contribution < -0.4 is 0 Å². The average molecular weight is 497 g/mol. The third kappa shape index (κ3) is 4.27. The number of aliphatic hydroxyl groups excluding tert-OH is 1. The van der Waals surface area contributed by atoms with Crippen molar-refractivity contribution in [3.05, 3.63) is 38.8 Å². The highest BCUT2D eigenvalue weighted by molar-refractivity contribution is 7.12. The number of likely N-dealkylation sites (tertiary alicyclic amines) is 1. The van der Waals surface area contributed by atoms with E-state index in [9.17, 15) is 23.4 Å². The summed E-state index contributed by atoms with van der Waals surface area (Å²) >= 11 is 0.736. The van der Waals surface area contributed by atoms with E-state index in [0.29, 0.717) is 75.3 Å². The van der Waals surface area contributed by atoms with E-state index in [1.54, 1.807) is 10.9 Å². The molecule has 0 unspecified atom stereocenters. The summed E-state index contributed by atoms with van der Waals surface area (Å²) in [6.45, 7) is 2.11. The van der Waals surface area contributed by atoms with Crippen LogP contribution >= 0.6 is 11.3 Å². The van der Waals surface area contributed by atoms with Crippen molar-refractivity contribution in [3.8, 4) is 6.07 Å². The fourth-order valence-electron chi connectivity index (χ4n) is 5.60. The summed E-state index contributed by atoms with van der Waals surface area (Å²) in [6, 6.07) is 2.17. The number of aliphatic hydroxyl groups is 2. The number of rotatable bonds is 5. The van der Waals surface area contributed by atoms with Gasteiger partial charge in [0, 0.05) is 41.8 Å². The lowest BCUT2D eigenvalue weighted by Crippen LogP contribution is -2.46. The van der Waals surface area contributed by atoms with Gasteiger partial charge in [-0.15, -0.1) is 11.3 Å². The third-order valence-electron chi connectivity index (χ3n) is 7.32. The topological polar surface area (TPSA) is 94.5 Å². The molecule has 7 nitrogen and oxygen atoms in total. The standard InChI is InChI=1S/C23H27F3N4O3S/c24-23(25,26)20-18(13-31)17-1-6-33-22(19(17)34-20)2-4-29(5-3-22)11-16-10-28-30(12-16)14-21(32)7-15(8-21)9-27/h10,12,15,31-32H,1-8,11,13-14H2. The lowest BCUT2D eigenvalue weighted by Gasteiger charge is -2.43. The first-order valence-corrected chi connectivity index (χ1v) is 12.3. The number of nitriles is 1. The maximum Gasteiger partial charge on any atom is 0.425 e. The van der Waals surface area contributed by atoms with Gasteiger partial charge >= 0.3 is 6.18 Å². The maximum atomic E-state index is 13.6. The Morgan fingerprint density at radius 1 is 1.29 bits per heavy atom. The van der Waals surface area contributed by atoms with Gasteiger partial charge in [-0.1, -0.05) is 0 Å². The lowest BCUT2D eigenvalue weighted by atomic mass is 9.72. The average Bonchev–Trinajstić information content (AvgIpc) is 3.38. The molecule has 5 rings (SSSR count). The monoisotopic (exact) mass is 496 g/mol. The molecule has 34 heavy (non-hydrogen) atoms. The third-order valence-corrected chi connectivity index (χ3v) is 8.83. The Kier molecular flexibility index (Phi) is 6.01. The summed E-state index contributed by atoms with van der Waals surface area (Å²) in [5.41, 5.74) is 0.0317. The molecular weight excluding hydrogens is 469 g/mol. The van der Waals surface area contributed by atoms with Crippen LogP contribution in [-0.4, -0.2) is 50.2 Å². The summed E-state index contributed by atoms with van der Waals surface area (Å²) < 4.78 is 48.5. The van der Waals surface area contributed by atoms with E-state index in [1.807, 2.05) is 6.20 Å². The van der Waals surface area contributed by atoms with E-state index in [1.165, 1.54) is 0 Å². The van der Waals surface area contributed by atoms with Crippen molar-refractivity contribution in [2.24, 2.45) is 5.92 Å². The van der Waals surface area contributed by atoms with E-state index >= 15 is 0 Å². The van der Waals surface area contributed by atoms with Gasteiger partial charge in [0.15, 0.2) is 0 Å². The summed E-state index contributed by atoms with van der Waals surface area (Å²) in [5.74, 6) is -0.0905. The molecule has 4 heterocycles. The van der Waals surface area contributed by atoms with E-state index in [4.69, 9.17) is 10.00 Å². The first-order valence-electron chi connectivity index (χ1n) is 11.5. The summed E-state index contributed by atoms with van der Waals surface area (Å²) in [7, 11) is 0. The Balaban J connectivity index is 1.24. The second-order valence-electron chi connectivity index (χ2n) is 9.75. The van der Waals surface area contributed by atoms with Crippen molar-refractivity contribution in [3.63, 3.8) is 0 Å². The van der Waals surface area contributed by atoms with Crippen LogP contribution in [0.25, 0.3) is 0 Å². The van der Waals surface area contributed by atoms with Gasteiger partial charge in [0.1, 0.15) is 10.5 Å². The number of hydrogen-bond acceptors (Lipinski definition) is 7. The molecule has 2 aliphatic heterocycles. The zero-order valence-electron chi connectivity index (χ0n) is 18.6. The first kappa shape index (κ1) is 23.8. The number of ether oxygens (including phenoxy) is 1. The number of alkyl halides is 3. The van der Waals surface area contributed by atoms with Gasteiger partial charge < -0.3 is 14.9 Å². The van der Waals surface area contributed by atoms with Crippen molar-refractivity contribution < 1.29 is 28.1 Å². The Morgan fingerprint density at radius 3 is 2.68 bits per heavy atom. The zero-order chi connectivity index (χ0) is 24.1. The molecule has 0 bridgehead atoms. The van der Waals surface area contributed by atoms with Crippen molar-refractivity contribution in [2.45, 2.75) is 69.2 Å². The molecule has 1 aliphatic carbocycles. The van der Waals surface area contributed by atoms with Gasteiger partial charge in [-0.25, -0.2) is 0 Å². The normalized spacial score (nSPS) is 26.8. The fraction of sp³-hybridized carbons (Fsp3) is 0.652. The molecule has 0 aromatic carbocycles. The molecule has 1 spiro atoms. The summed E-state index contributed by atoms with van der Waals surface area (Å²) in [6.07, 6.45) is 1.69. The number of fused-ring (bicyclic) bond motifs is 2. The van der Waals surface area contributed by atoms with Crippen LogP contribution in [0.1, 0.15) is 52.1 Å². The number of thiophene rings is 1. The molecule has 0 radical (unpaired) electrons. The second-order valence-corrected chi connectivity index (χ2v) is 10.8. The number of halogens is 3. The van der Waals surface area contributed by atoms with Crippen LogP contribution in [-0.2, 0) is 42.6 Å². The Hall–Kier alpha value is -1.97. The summed E-state index contributed by atoms with van der Waals surface area (Å²) in [5, 5.41) is 33.4. The summed E-state index contributed by atoms with van der Waals surface area (Å²) in [4.78, 5) is 2.17. The Morgan fingerprint density at radius 2 is 2.03 bits per heavy atom. The van der Waals surface area contributed by atoms with Gasteiger partial charge in [0.05, 0.1) is 43.5 Å². The molecule has 0 amide bonds. The Bertz CT molecular complexity index is 1090. The van der Waals surface area contributed by atoms with Crippen molar-refractivity contribution in [2.75, 3.05) is 19.7 Å². The number of piperidine rings is 1. The molecular formula is C23H27F3N4O3S. The Labute approximate surface area is 199 Å². The van der Waals surface area contributed by atoms with Crippen LogP contribution in [0.2, 0.25) is 0 Å². The molecule has 0 atom stereocenters. The van der Waals surface area contributed by atoms with Crippen LogP contribution in [0.3, 0.4) is 0 Å². The smallest absolute Gasteiger partial charge is 0.392 e. The van der Waals surface area contributed by atoms with Gasteiger partial charge in [-0.2, -0.15) is 23.5 Å². The minimum absolute atomic E-state index is 0.0132. The molecule has 2 aromatic rings. The molecule has 2 aromatic heterocycles. The molecule has 2 fully saturated rings. The second kappa shape index (κ2) is 8.60. The lowest BCUT2D eigenvalue weighted by molar-refractivity contribution is -0.135. The quantitative estimate of drug-likeness (QED) is 0.661. The zero-order valence-corrected chi connectivity index (χ0v) is 19.5. The van der Waals surface area contributed by atoms with E-state index in [-0.39, 0.29) is 11.5 Å². The molecule has 184 valence electrons. The van der Waals surface area contributed by atoms with Crippen LogP contribution in [0.4, 0.5) is 13.2 Å². The molecule has 3 aliphatic rings. The highest BCUT2D eigenvalue weighted by Gasteiger charge is 2.47. The number of aromatic nitrogens is 2. The SMILES string of the molecule is N#CC1CC(O)(Cn2cc(CN3CCC4(CC3)OCCc3c4sc(C(F)(F)F)c3CO)cn2)C1. The minimum atomic E-state index is -4.48. The first-order chi connectivity index (χ1) is 16.1. The van der Waals surface area contributed by atoms with Gasteiger partial charge in [0.25, 0.3) is 0 Å². The predicted octanol–water partition coefficient (Wildman–Crippen LogP) is 3.18. The van der Waals surface area contributed by atoms with E-state index < -0.39 is 28.9 Å². The van der Waals surface area contributed by atoms with Gasteiger partial charge in [0.2, 0.25) is 0 Å². The van der Waals surface area contributed by atoms with E-state index in [2.05, 4.69) is 16.1 Å². The number of hydrogen-bond donors (Lipinski definition) is 2. The fourth-order valence-corrected chi connectivity index (χ4v) is 7.03. The molecule has 11 heteroatoms.